The van der Waals surface area contributed by atoms with Crippen LogP contribution < -0.4 is 0 Å². The maximum atomic E-state index is 4.58. The van der Waals surface area contributed by atoms with Gasteiger partial charge < -0.3 is 0 Å². The van der Waals surface area contributed by atoms with E-state index in [1.54, 1.807) is 0 Å². The normalized spacial score (nSPS) is 11.1. The Balaban J connectivity index is 1.89. The van der Waals surface area contributed by atoms with Crippen molar-refractivity contribution in [1.82, 2.24) is 9.78 Å². The van der Waals surface area contributed by atoms with Gasteiger partial charge in [0.2, 0.25) is 0 Å². The Bertz CT molecular complexity index is 919. The van der Waals surface area contributed by atoms with Crippen molar-refractivity contribution in [2.45, 2.75) is 13.3 Å². The van der Waals surface area contributed by atoms with Gasteiger partial charge in [0.1, 0.15) is 5.00 Å². The summed E-state index contributed by atoms with van der Waals surface area (Å²) in [6.07, 6.45) is 2.96. The molecule has 0 unspecified atom stereocenters. The van der Waals surface area contributed by atoms with E-state index in [0.717, 1.165) is 11.9 Å². The monoisotopic (exact) mass is 304 g/mol. The van der Waals surface area contributed by atoms with Crippen LogP contribution >= 0.6 is 11.3 Å². The van der Waals surface area contributed by atoms with Gasteiger partial charge in [-0.3, -0.25) is 0 Å². The van der Waals surface area contributed by atoms with Crippen LogP contribution in [0.4, 0.5) is 0 Å². The fourth-order valence-electron chi connectivity index (χ4n) is 2.76. The minimum absolute atomic E-state index is 1.03. The minimum Gasteiger partial charge on any atom is -0.223 e. The number of thiophene rings is 1. The number of benzene rings is 2. The zero-order chi connectivity index (χ0) is 14.9. The molecule has 3 heteroatoms. The maximum Gasteiger partial charge on any atom is 0.119 e. The van der Waals surface area contributed by atoms with E-state index >= 15 is 0 Å². The van der Waals surface area contributed by atoms with Crippen LogP contribution in [0.3, 0.4) is 0 Å². The van der Waals surface area contributed by atoms with Gasteiger partial charge in [-0.25, -0.2) is 4.68 Å². The first-order valence-corrected chi connectivity index (χ1v) is 8.29. The second-order valence-electron chi connectivity index (χ2n) is 5.27. The highest BCUT2D eigenvalue weighted by Crippen LogP contribution is 2.35. The Morgan fingerprint density at radius 1 is 1.00 bits per heavy atom. The highest BCUT2D eigenvalue weighted by atomic mass is 32.1. The first-order valence-electron chi connectivity index (χ1n) is 7.48. The summed E-state index contributed by atoms with van der Waals surface area (Å²) in [6, 6.07) is 21.2. The first kappa shape index (κ1) is 13.3. The summed E-state index contributed by atoms with van der Waals surface area (Å²) in [6.45, 7) is 2.21. The van der Waals surface area contributed by atoms with Gasteiger partial charge in [0.05, 0.1) is 11.7 Å². The van der Waals surface area contributed by atoms with Crippen LogP contribution in [0.5, 0.6) is 0 Å². The molecule has 0 bridgehead atoms. The second kappa shape index (κ2) is 5.43. The fraction of sp³-hybridized carbons (Fsp3) is 0.105. The molecule has 0 radical (unpaired) electrons. The summed E-state index contributed by atoms with van der Waals surface area (Å²) in [5.74, 6) is 0. The van der Waals surface area contributed by atoms with Crippen LogP contribution in [-0.2, 0) is 6.42 Å². The maximum absolute atomic E-state index is 4.58. The summed E-state index contributed by atoms with van der Waals surface area (Å²) in [4.78, 5) is 1.35. The van der Waals surface area contributed by atoms with Gasteiger partial charge in [-0.05, 0) is 29.7 Å². The van der Waals surface area contributed by atoms with E-state index in [4.69, 9.17) is 0 Å². The van der Waals surface area contributed by atoms with E-state index in [1.165, 1.54) is 26.4 Å². The molecule has 2 nitrogen and oxygen atoms in total. The average molecular weight is 304 g/mol. The molecule has 22 heavy (non-hydrogen) atoms. The minimum atomic E-state index is 1.03. The van der Waals surface area contributed by atoms with E-state index < -0.39 is 0 Å². The van der Waals surface area contributed by atoms with Crippen molar-refractivity contribution in [3.05, 3.63) is 72.4 Å². The molecule has 4 rings (SSSR count). The molecule has 0 fully saturated rings. The zero-order valence-corrected chi connectivity index (χ0v) is 13.2. The Kier molecular flexibility index (Phi) is 3.28. The van der Waals surface area contributed by atoms with Crippen molar-refractivity contribution < 1.29 is 0 Å². The number of para-hydroxylation sites is 1. The topological polar surface area (TPSA) is 17.8 Å². The van der Waals surface area contributed by atoms with Gasteiger partial charge in [-0.2, -0.15) is 5.10 Å². The lowest BCUT2D eigenvalue weighted by atomic mass is 10.1. The zero-order valence-electron chi connectivity index (χ0n) is 12.4. The van der Waals surface area contributed by atoms with Gasteiger partial charge in [0.15, 0.2) is 0 Å². The third kappa shape index (κ3) is 2.14. The van der Waals surface area contributed by atoms with E-state index in [1.807, 2.05) is 22.2 Å². The second-order valence-corrected chi connectivity index (χ2v) is 6.30. The third-order valence-corrected chi connectivity index (χ3v) is 5.10. The summed E-state index contributed by atoms with van der Waals surface area (Å²) in [7, 11) is 0. The van der Waals surface area contributed by atoms with Crippen LogP contribution in [0.15, 0.2) is 66.9 Å². The van der Waals surface area contributed by atoms with Gasteiger partial charge in [0, 0.05) is 10.3 Å². The Morgan fingerprint density at radius 2 is 1.77 bits per heavy atom. The number of fused-ring (bicyclic) bond motifs is 1. The lowest BCUT2D eigenvalue weighted by molar-refractivity contribution is 0.926. The van der Waals surface area contributed by atoms with Crippen molar-refractivity contribution in [3.8, 4) is 15.4 Å². The van der Waals surface area contributed by atoms with E-state index in [2.05, 4.69) is 72.7 Å². The predicted octanol–water partition coefficient (Wildman–Crippen LogP) is 5.32. The Morgan fingerprint density at radius 3 is 2.59 bits per heavy atom. The van der Waals surface area contributed by atoms with Crippen LogP contribution in [-0.4, -0.2) is 9.78 Å². The van der Waals surface area contributed by atoms with E-state index in [0.29, 0.717) is 0 Å². The molecule has 4 aromatic rings. The number of aromatic nitrogens is 2. The Labute approximate surface area is 133 Å². The molecular weight excluding hydrogens is 288 g/mol. The molecule has 0 saturated heterocycles. The van der Waals surface area contributed by atoms with Crippen LogP contribution in [0.25, 0.3) is 26.3 Å². The summed E-state index contributed by atoms with van der Waals surface area (Å²) in [5, 5.41) is 6.93. The molecule has 0 N–H and O–H groups in total. The largest absolute Gasteiger partial charge is 0.223 e. The van der Waals surface area contributed by atoms with Crippen molar-refractivity contribution in [3.63, 3.8) is 0 Å². The average Bonchev–Trinajstić information content (AvgIpc) is 3.19. The molecule has 0 spiro atoms. The molecule has 0 aliphatic carbocycles. The molecule has 2 aromatic heterocycles. The molecule has 0 aliphatic heterocycles. The highest BCUT2D eigenvalue weighted by Gasteiger charge is 2.13. The summed E-state index contributed by atoms with van der Waals surface area (Å²) >= 11 is 1.81. The van der Waals surface area contributed by atoms with Crippen molar-refractivity contribution in [2.75, 3.05) is 0 Å². The standard InChI is InChI=1S/C19H16N2S/c1-2-14-12-18(22-19(14)15-8-4-3-5-9-15)21-17-11-7-6-10-16(17)13-20-21/h3-13H,2H2,1H3. The molecule has 2 aromatic carbocycles. The van der Waals surface area contributed by atoms with Crippen LogP contribution in [0, 0.1) is 0 Å². The molecule has 2 heterocycles. The molecule has 0 saturated carbocycles. The SMILES string of the molecule is CCc1cc(-n2ncc3ccccc32)sc1-c1ccccc1. The summed E-state index contributed by atoms with van der Waals surface area (Å²) < 4.78 is 2.05. The molecule has 0 atom stereocenters. The molecule has 0 amide bonds. The fourth-order valence-corrected chi connectivity index (χ4v) is 3.99. The van der Waals surface area contributed by atoms with Crippen molar-refractivity contribution >= 4 is 22.2 Å². The molecule has 0 aliphatic rings. The van der Waals surface area contributed by atoms with Gasteiger partial charge >= 0.3 is 0 Å². The smallest absolute Gasteiger partial charge is 0.119 e. The predicted molar refractivity (Wildman–Crippen MR) is 93.8 cm³/mol. The lowest BCUT2D eigenvalue weighted by Crippen LogP contribution is -1.91. The number of hydrogen-bond donors (Lipinski definition) is 0. The number of aryl methyl sites for hydroxylation is 1. The van der Waals surface area contributed by atoms with Gasteiger partial charge in [-0.1, -0.05) is 55.5 Å². The van der Waals surface area contributed by atoms with Crippen LogP contribution in [0.1, 0.15) is 12.5 Å². The van der Waals surface area contributed by atoms with Gasteiger partial charge in [0.25, 0.3) is 0 Å². The quantitative estimate of drug-likeness (QED) is 0.501. The summed E-state index contributed by atoms with van der Waals surface area (Å²) in [5.41, 5.74) is 3.82. The molecule has 108 valence electrons. The molecular formula is C19H16N2S. The number of nitrogens with zero attached hydrogens (tertiary/aromatic N) is 2. The third-order valence-electron chi connectivity index (χ3n) is 3.90. The lowest BCUT2D eigenvalue weighted by Gasteiger charge is -2.00. The van der Waals surface area contributed by atoms with E-state index in [9.17, 15) is 0 Å². The van der Waals surface area contributed by atoms with Gasteiger partial charge in [-0.15, -0.1) is 11.3 Å². The van der Waals surface area contributed by atoms with Crippen LogP contribution in [0.2, 0.25) is 0 Å². The van der Waals surface area contributed by atoms with Crippen molar-refractivity contribution in [2.24, 2.45) is 0 Å². The number of rotatable bonds is 3. The van der Waals surface area contributed by atoms with E-state index in [-0.39, 0.29) is 0 Å². The Hall–Kier alpha value is -2.39. The first-order chi connectivity index (χ1) is 10.9. The van der Waals surface area contributed by atoms with Crippen molar-refractivity contribution in [1.29, 1.82) is 0 Å². The number of hydrogen-bond acceptors (Lipinski definition) is 2. The highest BCUT2D eigenvalue weighted by molar-refractivity contribution is 7.18.